The molecule has 5 aromatic carbocycles. The van der Waals surface area contributed by atoms with Crippen molar-refractivity contribution in [3.63, 3.8) is 0 Å². The summed E-state index contributed by atoms with van der Waals surface area (Å²) in [5, 5.41) is 0.857. The quantitative estimate of drug-likeness (QED) is 0.224. The Bertz CT molecular complexity index is 1880. The van der Waals surface area contributed by atoms with Crippen molar-refractivity contribution in [2.45, 2.75) is 9.79 Å². The molecule has 0 aliphatic carbocycles. The van der Waals surface area contributed by atoms with Gasteiger partial charge < -0.3 is 4.90 Å². The van der Waals surface area contributed by atoms with Crippen LogP contribution in [0.1, 0.15) is 0 Å². The van der Waals surface area contributed by atoms with E-state index in [9.17, 15) is 8.42 Å². The molecule has 0 saturated heterocycles. The van der Waals surface area contributed by atoms with E-state index in [1.807, 2.05) is 77.7 Å². The molecule has 0 saturated carbocycles. The van der Waals surface area contributed by atoms with Gasteiger partial charge in [-0.15, -0.1) is 0 Å². The van der Waals surface area contributed by atoms with Crippen molar-refractivity contribution in [1.29, 1.82) is 0 Å². The minimum atomic E-state index is -3.60. The Kier molecular flexibility index (Phi) is 5.61. The van der Waals surface area contributed by atoms with E-state index in [-0.39, 0.29) is 0 Å². The highest BCUT2D eigenvalue weighted by molar-refractivity contribution is 7.92. The maximum absolute atomic E-state index is 13.3. The number of fused-ring (bicyclic) bond motifs is 2. The molecule has 1 aliphatic rings. The highest BCUT2D eigenvalue weighted by atomic mass is 32.2. The second-order valence-electron chi connectivity index (χ2n) is 9.19. The van der Waals surface area contributed by atoms with Gasteiger partial charge in [-0.1, -0.05) is 72.8 Å². The SMILES string of the molecule is O=S1(=O)c2ccccc2N(c2ccc(-c3nsc(-c4cccc(-c5ccccc5)c4)n3)cc2)c2ccccc21. The molecule has 7 rings (SSSR count). The minimum Gasteiger partial charge on any atom is -0.308 e. The predicted molar refractivity (Wildman–Crippen MR) is 156 cm³/mol. The maximum atomic E-state index is 13.3. The number of rotatable bonds is 4. The molecular formula is C32H21N3O2S2. The Balaban J connectivity index is 1.23. The number of hydrogen-bond donors (Lipinski definition) is 0. The summed E-state index contributed by atoms with van der Waals surface area (Å²) in [6.45, 7) is 0. The summed E-state index contributed by atoms with van der Waals surface area (Å²) in [5.41, 5.74) is 6.35. The highest BCUT2D eigenvalue weighted by Gasteiger charge is 2.34. The first kappa shape index (κ1) is 23.5. The van der Waals surface area contributed by atoms with Crippen LogP contribution in [0.2, 0.25) is 0 Å². The molecule has 1 aliphatic heterocycles. The fourth-order valence-electron chi connectivity index (χ4n) is 4.94. The molecular weight excluding hydrogens is 523 g/mol. The van der Waals surface area contributed by atoms with E-state index in [4.69, 9.17) is 4.98 Å². The van der Waals surface area contributed by atoms with Crippen LogP contribution in [-0.4, -0.2) is 17.8 Å². The average molecular weight is 544 g/mol. The summed E-state index contributed by atoms with van der Waals surface area (Å²) >= 11 is 1.38. The van der Waals surface area contributed by atoms with Crippen molar-refractivity contribution in [3.05, 3.63) is 127 Å². The molecule has 5 nitrogen and oxygen atoms in total. The first-order chi connectivity index (χ1) is 19.1. The first-order valence-electron chi connectivity index (χ1n) is 12.4. The number of anilines is 3. The maximum Gasteiger partial charge on any atom is 0.210 e. The molecule has 39 heavy (non-hydrogen) atoms. The number of benzene rings is 5. The molecule has 7 heteroatoms. The topological polar surface area (TPSA) is 63.2 Å². The fraction of sp³-hybridized carbons (Fsp3) is 0. The van der Waals surface area contributed by atoms with Crippen LogP contribution >= 0.6 is 11.5 Å². The van der Waals surface area contributed by atoms with Crippen LogP contribution in [0.4, 0.5) is 17.1 Å². The van der Waals surface area contributed by atoms with Crippen LogP contribution in [0, 0.1) is 0 Å². The number of sulfone groups is 1. The molecule has 0 N–H and O–H groups in total. The molecule has 0 unspecified atom stereocenters. The monoisotopic (exact) mass is 543 g/mol. The standard InChI is InChI=1S/C32H21N3O2S2/c36-39(37)29-15-6-4-13-27(29)35(28-14-5-7-16-30(28)39)26-19-17-23(18-20-26)31-33-32(38-34-31)25-12-8-11-24(21-25)22-9-2-1-3-10-22/h1-21H. The number of para-hydroxylation sites is 2. The van der Waals surface area contributed by atoms with E-state index in [1.165, 1.54) is 11.5 Å². The van der Waals surface area contributed by atoms with Gasteiger partial charge in [0.25, 0.3) is 0 Å². The highest BCUT2D eigenvalue weighted by Crippen LogP contribution is 2.47. The molecule has 2 heterocycles. The zero-order valence-corrected chi connectivity index (χ0v) is 22.2. The van der Waals surface area contributed by atoms with E-state index in [1.54, 1.807) is 24.3 Å². The van der Waals surface area contributed by atoms with E-state index >= 15 is 0 Å². The minimum absolute atomic E-state index is 0.302. The van der Waals surface area contributed by atoms with Crippen LogP contribution in [0.5, 0.6) is 0 Å². The van der Waals surface area contributed by atoms with Crippen molar-refractivity contribution in [1.82, 2.24) is 9.36 Å². The third-order valence-electron chi connectivity index (χ3n) is 6.82. The first-order valence-corrected chi connectivity index (χ1v) is 14.7. The van der Waals surface area contributed by atoms with Crippen molar-refractivity contribution in [3.8, 4) is 33.1 Å². The van der Waals surface area contributed by atoms with Gasteiger partial charge >= 0.3 is 0 Å². The zero-order chi connectivity index (χ0) is 26.4. The normalized spacial score (nSPS) is 13.5. The van der Waals surface area contributed by atoms with Crippen LogP contribution in [0.3, 0.4) is 0 Å². The average Bonchev–Trinajstić information content (AvgIpc) is 3.49. The largest absolute Gasteiger partial charge is 0.308 e. The van der Waals surface area contributed by atoms with Gasteiger partial charge in [0.05, 0.1) is 21.2 Å². The van der Waals surface area contributed by atoms with Crippen LogP contribution in [0.25, 0.3) is 33.1 Å². The summed E-state index contributed by atoms with van der Waals surface area (Å²) in [5.74, 6) is 0.661. The van der Waals surface area contributed by atoms with Gasteiger partial charge in [-0.05, 0) is 77.3 Å². The molecule has 188 valence electrons. The molecule has 6 aromatic rings. The van der Waals surface area contributed by atoms with Crippen molar-refractivity contribution in [2.75, 3.05) is 4.90 Å². The van der Waals surface area contributed by atoms with E-state index in [0.29, 0.717) is 27.0 Å². The van der Waals surface area contributed by atoms with Crippen LogP contribution in [-0.2, 0) is 9.84 Å². The number of nitrogens with zero attached hydrogens (tertiary/aromatic N) is 3. The molecule has 0 atom stereocenters. The lowest BCUT2D eigenvalue weighted by Crippen LogP contribution is -2.21. The fourth-order valence-corrected chi connectivity index (χ4v) is 7.25. The van der Waals surface area contributed by atoms with E-state index < -0.39 is 9.84 Å². The summed E-state index contributed by atoms with van der Waals surface area (Å²) in [6.07, 6.45) is 0. The lowest BCUT2D eigenvalue weighted by molar-refractivity contribution is 0.595. The molecule has 0 fully saturated rings. The molecule has 1 aromatic heterocycles. The second kappa shape index (κ2) is 9.31. The Labute approximate surface area is 230 Å². The van der Waals surface area contributed by atoms with Gasteiger partial charge in [0.15, 0.2) is 5.82 Å². The van der Waals surface area contributed by atoms with Crippen molar-refractivity contribution in [2.24, 2.45) is 0 Å². The lowest BCUT2D eigenvalue weighted by atomic mass is 10.0. The van der Waals surface area contributed by atoms with Gasteiger partial charge in [-0.3, -0.25) is 0 Å². The van der Waals surface area contributed by atoms with Gasteiger partial charge in [-0.25, -0.2) is 13.4 Å². The van der Waals surface area contributed by atoms with E-state index in [2.05, 4.69) is 34.7 Å². The number of hydrogen-bond acceptors (Lipinski definition) is 6. The Hall–Kier alpha value is -4.59. The van der Waals surface area contributed by atoms with Crippen LogP contribution in [0.15, 0.2) is 137 Å². The molecule has 0 spiro atoms. The number of aromatic nitrogens is 2. The Morgan fingerprint density at radius 2 is 1.15 bits per heavy atom. The third-order valence-corrected chi connectivity index (χ3v) is 9.43. The molecule has 0 amide bonds. The molecule has 0 bridgehead atoms. The van der Waals surface area contributed by atoms with E-state index in [0.717, 1.165) is 32.9 Å². The smallest absolute Gasteiger partial charge is 0.210 e. The summed E-state index contributed by atoms with van der Waals surface area (Å²) < 4.78 is 31.2. The predicted octanol–water partition coefficient (Wildman–Crippen LogP) is 8.16. The molecule has 0 radical (unpaired) electrons. The van der Waals surface area contributed by atoms with Crippen molar-refractivity contribution < 1.29 is 8.42 Å². The van der Waals surface area contributed by atoms with Gasteiger partial charge in [0.2, 0.25) is 9.84 Å². The summed E-state index contributed by atoms with van der Waals surface area (Å²) in [4.78, 5) is 7.43. The lowest BCUT2D eigenvalue weighted by Gasteiger charge is -2.32. The zero-order valence-electron chi connectivity index (χ0n) is 20.6. The Morgan fingerprint density at radius 1 is 0.564 bits per heavy atom. The van der Waals surface area contributed by atoms with Crippen LogP contribution < -0.4 is 4.90 Å². The Morgan fingerprint density at radius 3 is 1.85 bits per heavy atom. The van der Waals surface area contributed by atoms with Gasteiger partial charge in [-0.2, -0.15) is 4.37 Å². The second-order valence-corrected chi connectivity index (χ2v) is 11.8. The van der Waals surface area contributed by atoms with Gasteiger partial charge in [0.1, 0.15) is 5.01 Å². The van der Waals surface area contributed by atoms with Crippen molar-refractivity contribution >= 4 is 38.4 Å². The summed E-state index contributed by atoms with van der Waals surface area (Å²) in [7, 11) is -3.60. The third kappa shape index (κ3) is 4.03. The van der Waals surface area contributed by atoms with Gasteiger partial charge in [0, 0.05) is 16.8 Å². The summed E-state index contributed by atoms with van der Waals surface area (Å²) in [6, 6.07) is 40.8.